The van der Waals surface area contributed by atoms with Crippen LogP contribution in [0.5, 0.6) is 11.5 Å². The number of hydrogen-bond acceptors (Lipinski definition) is 3. The lowest BCUT2D eigenvalue weighted by Crippen LogP contribution is -2.07. The largest absolute Gasteiger partial charge is 0.496 e. The Kier molecular flexibility index (Phi) is 10.0. The molecule has 0 heterocycles. The maximum atomic E-state index is 5.46. The number of para-hydroxylation sites is 2. The maximum Gasteiger partial charge on any atom is 0.126 e. The van der Waals surface area contributed by atoms with Crippen molar-refractivity contribution in [2.75, 3.05) is 26.5 Å². The van der Waals surface area contributed by atoms with E-state index >= 15 is 0 Å². The first-order valence-electron chi connectivity index (χ1n) is 10.6. The summed E-state index contributed by atoms with van der Waals surface area (Å²) in [7, 11) is 4.96. The fourth-order valence-electron chi connectivity index (χ4n) is 3.36. The molecule has 3 atom stereocenters. The van der Waals surface area contributed by atoms with Crippen molar-refractivity contribution >= 4 is 34.0 Å². The molecule has 31 heavy (non-hydrogen) atoms. The van der Waals surface area contributed by atoms with Crippen LogP contribution in [0.2, 0.25) is 0 Å². The van der Waals surface area contributed by atoms with Crippen LogP contribution in [0.15, 0.2) is 89.5 Å². The van der Waals surface area contributed by atoms with Crippen molar-refractivity contribution in [2.24, 2.45) is 4.99 Å². The van der Waals surface area contributed by atoms with E-state index in [1.807, 2.05) is 24.3 Å². The first kappa shape index (κ1) is 23.5. The molecule has 3 rings (SSSR count). The van der Waals surface area contributed by atoms with Gasteiger partial charge in [0.15, 0.2) is 0 Å². The van der Waals surface area contributed by atoms with Crippen LogP contribution >= 0.6 is 17.2 Å². The van der Waals surface area contributed by atoms with Crippen LogP contribution in [-0.4, -0.2) is 38.8 Å². The molecule has 0 N–H and O–H groups in total. The SMILES string of the molecule is COc1ccccc1PCCC=NC1C=CC=CC1=CCCPc1ccccc1OC. The zero-order chi connectivity index (χ0) is 21.7. The summed E-state index contributed by atoms with van der Waals surface area (Å²) in [5.41, 5.74) is 1.29. The second kappa shape index (κ2) is 13.3. The molecule has 0 amide bonds. The minimum Gasteiger partial charge on any atom is -0.496 e. The van der Waals surface area contributed by atoms with Gasteiger partial charge in [-0.2, -0.15) is 0 Å². The van der Waals surface area contributed by atoms with E-state index in [-0.39, 0.29) is 6.04 Å². The third kappa shape index (κ3) is 7.46. The number of methoxy groups -OCH3 is 2. The molecule has 2 aromatic rings. The summed E-state index contributed by atoms with van der Waals surface area (Å²) in [4.78, 5) is 4.83. The number of ether oxygens (including phenoxy) is 2. The fraction of sp³-hybridized carbons (Fsp3) is 0.269. The van der Waals surface area contributed by atoms with Gasteiger partial charge in [-0.15, -0.1) is 0 Å². The molecule has 3 unspecified atom stereocenters. The zero-order valence-corrected chi connectivity index (χ0v) is 20.3. The highest BCUT2D eigenvalue weighted by Gasteiger charge is 2.09. The minimum atomic E-state index is 0.134. The lowest BCUT2D eigenvalue weighted by atomic mass is 10.0. The molecular weight excluding hydrogens is 420 g/mol. The summed E-state index contributed by atoms with van der Waals surface area (Å²) in [6.07, 6.45) is 17.2. The van der Waals surface area contributed by atoms with Gasteiger partial charge in [0.2, 0.25) is 0 Å². The smallest absolute Gasteiger partial charge is 0.126 e. The van der Waals surface area contributed by atoms with Crippen molar-refractivity contribution in [3.63, 3.8) is 0 Å². The molecule has 1 aliphatic rings. The standard InChI is InChI=1S/C26H31NO2P2/c1-28-23-14-5-7-16-25(23)30-19-9-12-21-11-3-4-13-22(21)27-18-10-20-31-26-17-8-6-15-24(26)29-2/h3-8,11-18,22,30-31H,9-10,19-20H2,1-2H3. The van der Waals surface area contributed by atoms with Crippen LogP contribution in [0.1, 0.15) is 12.8 Å². The van der Waals surface area contributed by atoms with Crippen molar-refractivity contribution in [1.29, 1.82) is 0 Å². The molecule has 0 spiro atoms. The average Bonchev–Trinajstić information content (AvgIpc) is 2.83. The van der Waals surface area contributed by atoms with E-state index in [9.17, 15) is 0 Å². The Hall–Kier alpha value is -2.21. The Morgan fingerprint density at radius 2 is 1.45 bits per heavy atom. The third-order valence-corrected chi connectivity index (χ3v) is 7.61. The van der Waals surface area contributed by atoms with Crippen LogP contribution in [-0.2, 0) is 0 Å². The van der Waals surface area contributed by atoms with Gasteiger partial charge in [-0.05, 0) is 42.9 Å². The highest BCUT2D eigenvalue weighted by molar-refractivity contribution is 7.47. The predicted molar refractivity (Wildman–Crippen MR) is 139 cm³/mol. The van der Waals surface area contributed by atoms with Gasteiger partial charge < -0.3 is 9.47 Å². The maximum absolute atomic E-state index is 5.46. The number of allylic oxidation sites excluding steroid dienone is 3. The number of rotatable bonds is 11. The first-order valence-corrected chi connectivity index (χ1v) is 13.0. The molecule has 0 aliphatic heterocycles. The zero-order valence-electron chi connectivity index (χ0n) is 18.3. The van der Waals surface area contributed by atoms with Gasteiger partial charge in [-0.25, -0.2) is 0 Å². The van der Waals surface area contributed by atoms with Gasteiger partial charge >= 0.3 is 0 Å². The highest BCUT2D eigenvalue weighted by Crippen LogP contribution is 2.22. The Balaban J connectivity index is 1.46. The van der Waals surface area contributed by atoms with Gasteiger partial charge in [-0.1, -0.05) is 83.9 Å². The molecule has 0 bridgehead atoms. The summed E-state index contributed by atoms with van der Waals surface area (Å²) < 4.78 is 10.9. The average molecular weight is 451 g/mol. The van der Waals surface area contributed by atoms with Crippen molar-refractivity contribution < 1.29 is 9.47 Å². The van der Waals surface area contributed by atoms with Gasteiger partial charge in [0, 0.05) is 16.8 Å². The van der Waals surface area contributed by atoms with E-state index in [4.69, 9.17) is 14.5 Å². The number of hydrogen-bond donors (Lipinski definition) is 0. The molecule has 162 valence electrons. The van der Waals surface area contributed by atoms with Gasteiger partial charge in [0.05, 0.1) is 20.3 Å². The van der Waals surface area contributed by atoms with Crippen LogP contribution < -0.4 is 20.1 Å². The normalized spacial score (nSPS) is 17.6. The molecule has 1 aliphatic carbocycles. The van der Waals surface area contributed by atoms with Gasteiger partial charge in [-0.3, -0.25) is 4.99 Å². The van der Waals surface area contributed by atoms with Crippen molar-refractivity contribution in [3.05, 3.63) is 84.5 Å². The lowest BCUT2D eigenvalue weighted by Gasteiger charge is -2.13. The summed E-state index contributed by atoms with van der Waals surface area (Å²) in [5, 5.41) is 2.59. The van der Waals surface area contributed by atoms with E-state index in [0.29, 0.717) is 0 Å². The highest BCUT2D eigenvalue weighted by atomic mass is 31.1. The monoisotopic (exact) mass is 451 g/mol. The molecule has 0 radical (unpaired) electrons. The van der Waals surface area contributed by atoms with Crippen molar-refractivity contribution in [2.45, 2.75) is 18.9 Å². The number of benzene rings is 2. The molecule has 0 aromatic heterocycles. The summed E-state index contributed by atoms with van der Waals surface area (Å²) in [5.74, 6) is 1.97. The molecule has 3 nitrogen and oxygen atoms in total. The van der Waals surface area contributed by atoms with Crippen LogP contribution in [0.3, 0.4) is 0 Å². The summed E-state index contributed by atoms with van der Waals surface area (Å²) >= 11 is 0. The molecular formula is C26H31NO2P2. The topological polar surface area (TPSA) is 30.8 Å². The Morgan fingerprint density at radius 1 is 0.839 bits per heavy atom. The van der Waals surface area contributed by atoms with Crippen LogP contribution in [0.25, 0.3) is 0 Å². The number of nitrogens with zero attached hydrogens (tertiary/aromatic N) is 1. The summed E-state index contributed by atoms with van der Waals surface area (Å²) in [6, 6.07) is 16.7. The second-order valence-corrected chi connectivity index (χ2v) is 9.84. The third-order valence-electron chi connectivity index (χ3n) is 4.94. The van der Waals surface area contributed by atoms with E-state index in [1.165, 1.54) is 16.2 Å². The van der Waals surface area contributed by atoms with E-state index in [1.54, 1.807) is 14.2 Å². The Morgan fingerprint density at radius 3 is 2.10 bits per heavy atom. The first-order chi connectivity index (χ1) is 15.3. The molecule has 2 aromatic carbocycles. The Labute approximate surface area is 189 Å². The quantitative estimate of drug-likeness (QED) is 0.264. The minimum absolute atomic E-state index is 0.134. The molecule has 5 heteroatoms. The van der Waals surface area contributed by atoms with Crippen LogP contribution in [0.4, 0.5) is 0 Å². The molecule has 0 fully saturated rings. The van der Waals surface area contributed by atoms with Gasteiger partial charge in [0.1, 0.15) is 11.5 Å². The number of aliphatic imine (C=N–C) groups is 1. The van der Waals surface area contributed by atoms with Crippen molar-refractivity contribution in [3.8, 4) is 11.5 Å². The van der Waals surface area contributed by atoms with Gasteiger partial charge in [0.25, 0.3) is 0 Å². The summed E-state index contributed by atoms with van der Waals surface area (Å²) in [6.45, 7) is 0. The van der Waals surface area contributed by atoms with Crippen LogP contribution in [0, 0.1) is 0 Å². The fourth-order valence-corrected chi connectivity index (χ4v) is 5.61. The van der Waals surface area contributed by atoms with E-state index in [0.717, 1.165) is 53.8 Å². The lowest BCUT2D eigenvalue weighted by molar-refractivity contribution is 0.418. The van der Waals surface area contributed by atoms with E-state index in [2.05, 4.69) is 60.9 Å². The second-order valence-electron chi connectivity index (χ2n) is 7.06. The molecule has 0 saturated carbocycles. The van der Waals surface area contributed by atoms with E-state index < -0.39 is 0 Å². The Bertz CT molecular complexity index is 950. The van der Waals surface area contributed by atoms with Crippen molar-refractivity contribution in [1.82, 2.24) is 0 Å². The predicted octanol–water partition coefficient (Wildman–Crippen LogP) is 5.28. The molecule has 0 saturated heterocycles.